The molecule has 4 rings (SSSR count). The summed E-state index contributed by atoms with van der Waals surface area (Å²) in [4.78, 5) is 75.7. The average molecular weight is 705 g/mol. The second kappa shape index (κ2) is 15.3. The molecular weight excluding hydrogens is 660 g/mol. The predicted molar refractivity (Wildman–Crippen MR) is 183 cm³/mol. The van der Waals surface area contributed by atoms with E-state index in [4.69, 9.17) is 18.9 Å². The van der Waals surface area contributed by atoms with E-state index in [1.165, 1.54) is 60.8 Å². The topological polar surface area (TPSA) is 180 Å². The fourth-order valence-corrected chi connectivity index (χ4v) is 6.35. The summed E-state index contributed by atoms with van der Waals surface area (Å²) in [6.07, 6.45) is 16.7. The molecule has 2 saturated heterocycles. The van der Waals surface area contributed by atoms with Crippen LogP contribution in [0.25, 0.3) is 0 Å². The number of esters is 4. The van der Waals surface area contributed by atoms with Gasteiger partial charge in [-0.25, -0.2) is 9.59 Å². The van der Waals surface area contributed by atoms with E-state index in [1.807, 2.05) is 27.7 Å². The lowest BCUT2D eigenvalue weighted by atomic mass is 9.76. The van der Waals surface area contributed by atoms with Crippen molar-refractivity contribution in [3.05, 3.63) is 96.1 Å². The lowest BCUT2D eigenvalue weighted by Crippen LogP contribution is -2.57. The molecule has 0 bridgehead atoms. The van der Waals surface area contributed by atoms with Gasteiger partial charge < -0.3 is 29.2 Å². The van der Waals surface area contributed by atoms with E-state index in [2.05, 4.69) is 6.58 Å². The summed E-state index contributed by atoms with van der Waals surface area (Å²) in [5, 5.41) is 19.6. The van der Waals surface area contributed by atoms with Gasteiger partial charge in [0, 0.05) is 51.4 Å². The summed E-state index contributed by atoms with van der Waals surface area (Å²) in [7, 11) is 0. The number of carbonyl (C=O) groups is 6. The molecule has 12 nitrogen and oxygen atoms in total. The fourth-order valence-electron chi connectivity index (χ4n) is 6.35. The van der Waals surface area contributed by atoms with Crippen LogP contribution in [0.1, 0.15) is 79.1 Å². The monoisotopic (exact) mass is 704 g/mol. The maximum absolute atomic E-state index is 12.8. The van der Waals surface area contributed by atoms with E-state index in [0.29, 0.717) is 19.3 Å². The van der Waals surface area contributed by atoms with Crippen LogP contribution < -0.4 is 0 Å². The molecule has 2 aliphatic carbocycles. The molecule has 12 heteroatoms. The zero-order valence-corrected chi connectivity index (χ0v) is 29.3. The van der Waals surface area contributed by atoms with Crippen LogP contribution in [0.5, 0.6) is 0 Å². The van der Waals surface area contributed by atoms with Crippen molar-refractivity contribution in [2.45, 2.75) is 90.6 Å². The van der Waals surface area contributed by atoms with Gasteiger partial charge in [0.15, 0.2) is 17.5 Å². The van der Waals surface area contributed by atoms with Crippen molar-refractivity contribution in [2.24, 2.45) is 16.7 Å². The molecule has 0 atom stereocenters. The quantitative estimate of drug-likeness (QED) is 0.0629. The molecule has 272 valence electrons. The molecule has 0 aromatic rings. The molecule has 2 N–H and O–H groups in total. The fraction of sp³-hybridized carbons (Fsp3) is 0.436. The van der Waals surface area contributed by atoms with Gasteiger partial charge in [0.1, 0.15) is 11.3 Å². The smallest absolute Gasteiger partial charge is 0.348 e. The molecule has 0 unspecified atom stereocenters. The summed E-state index contributed by atoms with van der Waals surface area (Å²) in [5.41, 5.74) is -0.890. The number of hydrogen-bond donors (Lipinski definition) is 2. The first-order valence-electron chi connectivity index (χ1n) is 16.7. The van der Waals surface area contributed by atoms with Gasteiger partial charge in [-0.2, -0.15) is 0 Å². The number of ether oxygens (including phenoxy) is 4. The molecule has 3 fully saturated rings. The van der Waals surface area contributed by atoms with Crippen molar-refractivity contribution < 1.29 is 57.9 Å². The largest absolute Gasteiger partial charge is 0.513 e. The van der Waals surface area contributed by atoms with E-state index in [-0.39, 0.29) is 71.8 Å². The number of hydrogen-bond acceptors (Lipinski definition) is 12. The van der Waals surface area contributed by atoms with Gasteiger partial charge in [-0.15, -0.1) is 0 Å². The highest BCUT2D eigenvalue weighted by Crippen LogP contribution is 2.45. The first kappa shape index (κ1) is 38.5. The minimum atomic E-state index is -1.61. The Labute approximate surface area is 296 Å². The molecule has 0 aromatic carbocycles. The molecule has 0 amide bonds. The number of aliphatic hydroxyl groups is 2. The Morgan fingerprint density at radius 2 is 1.35 bits per heavy atom. The number of rotatable bonds is 11. The highest BCUT2D eigenvalue weighted by Gasteiger charge is 2.57. The molecule has 2 heterocycles. The van der Waals surface area contributed by atoms with E-state index in [9.17, 15) is 39.0 Å². The van der Waals surface area contributed by atoms with Gasteiger partial charge in [-0.3, -0.25) is 19.2 Å². The Balaban J connectivity index is 1.27. The minimum absolute atomic E-state index is 0.0133. The van der Waals surface area contributed by atoms with Crippen LogP contribution in [0.15, 0.2) is 96.1 Å². The number of allylic oxidation sites excluding steroid dienone is 13. The summed E-state index contributed by atoms with van der Waals surface area (Å²) in [6, 6.07) is 0. The number of ketones is 2. The maximum Gasteiger partial charge on any atom is 0.348 e. The first-order chi connectivity index (χ1) is 23.8. The number of Topliss-reactive ketones (excluding diaryl/α,β-unsaturated/α-hetero) is 1. The third kappa shape index (κ3) is 10.1. The van der Waals surface area contributed by atoms with Crippen molar-refractivity contribution in [1.29, 1.82) is 0 Å². The maximum atomic E-state index is 12.8. The minimum Gasteiger partial charge on any atom is -0.513 e. The second-order valence-electron chi connectivity index (χ2n) is 14.7. The van der Waals surface area contributed by atoms with Crippen LogP contribution in [0.4, 0.5) is 0 Å². The standard InChI is InChI=1S/C39H44O12/c1-25(40)21-36(2,3)22-26(41)13-9-6-7-10-15-28-32(44)48-38(49-33(28)45)17-19-39(20-18-38)50-34(46)29(35(47)51-39)16-12-8-11-14-27-30(42)23-37(4,5)24-31(27)43/h6-16,28,40,42H,1,17-24H2,2-5H3/b7-6+,12-8+,13-9-,14-11+,15-10+,29-16?. The Hall–Kier alpha value is -5.26. The SMILES string of the molecule is C=C(O)CC(C)(C)CC(=O)\C=C/C=C/C=C/C1C(=O)OC2(CCC3(CC2)OC(=O)C(=C/C=C/C=C/C2=C(O)CC(C)(C)CC2=O)C(=O)O3)OC1=O. The van der Waals surface area contributed by atoms with Gasteiger partial charge in [-0.1, -0.05) is 82.9 Å². The number of aliphatic hydroxyl groups excluding tert-OH is 2. The van der Waals surface area contributed by atoms with Crippen LogP contribution in [0.2, 0.25) is 0 Å². The van der Waals surface area contributed by atoms with E-state index in [0.717, 1.165) is 0 Å². The van der Waals surface area contributed by atoms with E-state index >= 15 is 0 Å². The molecule has 4 aliphatic rings. The van der Waals surface area contributed by atoms with Crippen molar-refractivity contribution in [1.82, 2.24) is 0 Å². The summed E-state index contributed by atoms with van der Waals surface area (Å²) >= 11 is 0. The lowest BCUT2D eigenvalue weighted by Gasteiger charge is -2.46. The Morgan fingerprint density at radius 3 is 1.92 bits per heavy atom. The van der Waals surface area contributed by atoms with Gasteiger partial charge in [0.2, 0.25) is 0 Å². The summed E-state index contributed by atoms with van der Waals surface area (Å²) < 4.78 is 22.1. The Kier molecular flexibility index (Phi) is 11.6. The third-order valence-corrected chi connectivity index (χ3v) is 8.75. The normalized spacial score (nSPS) is 27.3. The lowest BCUT2D eigenvalue weighted by molar-refractivity contribution is -0.297. The van der Waals surface area contributed by atoms with Gasteiger partial charge in [0.05, 0.1) is 11.3 Å². The van der Waals surface area contributed by atoms with Gasteiger partial charge in [0.25, 0.3) is 11.6 Å². The molecule has 51 heavy (non-hydrogen) atoms. The Morgan fingerprint density at radius 1 is 0.804 bits per heavy atom. The molecule has 1 saturated carbocycles. The molecule has 2 spiro atoms. The first-order valence-corrected chi connectivity index (χ1v) is 16.7. The molecular formula is C39H44O12. The Bertz CT molecular complexity index is 1660. The third-order valence-electron chi connectivity index (χ3n) is 8.75. The van der Waals surface area contributed by atoms with Crippen LogP contribution in [-0.2, 0) is 47.7 Å². The zero-order valence-electron chi connectivity index (χ0n) is 29.3. The summed E-state index contributed by atoms with van der Waals surface area (Å²) in [6.45, 7) is 11.0. The van der Waals surface area contributed by atoms with E-state index in [1.54, 1.807) is 6.08 Å². The average Bonchev–Trinajstić information content (AvgIpc) is 2.98. The molecule has 0 radical (unpaired) electrons. The summed E-state index contributed by atoms with van der Waals surface area (Å²) in [5.74, 6) is -8.27. The van der Waals surface area contributed by atoms with Crippen LogP contribution in [0.3, 0.4) is 0 Å². The van der Waals surface area contributed by atoms with Crippen molar-refractivity contribution >= 4 is 35.4 Å². The van der Waals surface area contributed by atoms with E-state index < -0.39 is 46.8 Å². The van der Waals surface area contributed by atoms with Crippen molar-refractivity contribution in [3.8, 4) is 0 Å². The van der Waals surface area contributed by atoms with Crippen LogP contribution >= 0.6 is 0 Å². The van der Waals surface area contributed by atoms with Gasteiger partial charge in [-0.05, 0) is 29.1 Å². The van der Waals surface area contributed by atoms with Crippen molar-refractivity contribution in [2.75, 3.05) is 0 Å². The highest BCUT2D eigenvalue weighted by molar-refractivity contribution is 6.15. The van der Waals surface area contributed by atoms with Crippen molar-refractivity contribution in [3.63, 3.8) is 0 Å². The molecule has 2 aliphatic heterocycles. The molecule has 0 aromatic heterocycles. The zero-order chi connectivity index (χ0) is 37.6. The van der Waals surface area contributed by atoms with Crippen LogP contribution in [-0.4, -0.2) is 57.2 Å². The highest BCUT2D eigenvalue weighted by atomic mass is 16.8. The van der Waals surface area contributed by atoms with Crippen LogP contribution in [0, 0.1) is 16.7 Å². The van der Waals surface area contributed by atoms with Gasteiger partial charge >= 0.3 is 23.9 Å². The second-order valence-corrected chi connectivity index (χ2v) is 14.7. The number of carbonyl (C=O) groups excluding carboxylic acids is 6. The predicted octanol–water partition coefficient (Wildman–Crippen LogP) is 6.13.